The highest BCUT2D eigenvalue weighted by Crippen LogP contribution is 2.12. The number of carbonyl (C=O) groups excluding carboxylic acids is 1. The first-order valence-electron chi connectivity index (χ1n) is 6.35. The van der Waals surface area contributed by atoms with Crippen molar-refractivity contribution in [1.29, 1.82) is 0 Å². The van der Waals surface area contributed by atoms with Gasteiger partial charge in [0.15, 0.2) is 0 Å². The molecule has 0 aliphatic heterocycles. The van der Waals surface area contributed by atoms with Gasteiger partial charge in [-0.3, -0.25) is 0 Å². The lowest BCUT2D eigenvalue weighted by atomic mass is 10.1. The summed E-state index contributed by atoms with van der Waals surface area (Å²) in [6, 6.07) is 2.65. The van der Waals surface area contributed by atoms with E-state index in [0.717, 1.165) is 18.2 Å². The van der Waals surface area contributed by atoms with Crippen molar-refractivity contribution in [2.75, 3.05) is 6.54 Å². The van der Waals surface area contributed by atoms with Crippen LogP contribution in [-0.4, -0.2) is 24.3 Å². The Morgan fingerprint density at radius 3 is 2.60 bits per heavy atom. The smallest absolute Gasteiger partial charge is 0.407 e. The summed E-state index contributed by atoms with van der Waals surface area (Å²) < 4.78 is 31.7. The molecule has 1 unspecified atom stereocenters. The maximum absolute atomic E-state index is 13.5. The molecule has 0 aliphatic rings. The fourth-order valence-electron chi connectivity index (χ4n) is 1.63. The normalized spacial score (nSPS) is 12.9. The second kappa shape index (κ2) is 6.65. The summed E-state index contributed by atoms with van der Waals surface area (Å²) in [5.74, 6) is -1.06. The van der Waals surface area contributed by atoms with Gasteiger partial charge in [-0.1, -0.05) is 0 Å². The molecule has 6 heteroatoms. The van der Waals surface area contributed by atoms with Crippen LogP contribution in [0.15, 0.2) is 18.2 Å². The molecule has 112 valence electrons. The number of amides is 1. The van der Waals surface area contributed by atoms with Crippen LogP contribution < -0.4 is 11.1 Å². The van der Waals surface area contributed by atoms with Crippen molar-refractivity contribution < 1.29 is 18.3 Å². The minimum Gasteiger partial charge on any atom is -0.444 e. The summed E-state index contributed by atoms with van der Waals surface area (Å²) in [5, 5.41) is 2.54. The van der Waals surface area contributed by atoms with Crippen LogP contribution >= 0.6 is 0 Å². The predicted molar refractivity (Wildman–Crippen MR) is 72.3 cm³/mol. The van der Waals surface area contributed by atoms with Gasteiger partial charge < -0.3 is 15.8 Å². The lowest BCUT2D eigenvalue weighted by molar-refractivity contribution is 0.0505. The zero-order valence-corrected chi connectivity index (χ0v) is 11.9. The van der Waals surface area contributed by atoms with Gasteiger partial charge in [0.25, 0.3) is 0 Å². The number of ether oxygens (including phenoxy) is 1. The van der Waals surface area contributed by atoms with Crippen LogP contribution in [0.1, 0.15) is 26.3 Å². The maximum Gasteiger partial charge on any atom is 0.407 e. The van der Waals surface area contributed by atoms with Crippen molar-refractivity contribution in [3.8, 4) is 0 Å². The van der Waals surface area contributed by atoms with E-state index in [1.165, 1.54) is 0 Å². The molecule has 0 spiro atoms. The van der Waals surface area contributed by atoms with Gasteiger partial charge in [0.2, 0.25) is 0 Å². The van der Waals surface area contributed by atoms with E-state index in [2.05, 4.69) is 5.32 Å². The Balaban J connectivity index is 2.68. The van der Waals surface area contributed by atoms with Gasteiger partial charge in [0.05, 0.1) is 0 Å². The fraction of sp³-hybridized carbons (Fsp3) is 0.500. The molecule has 0 fully saturated rings. The van der Waals surface area contributed by atoms with Crippen LogP contribution in [0.2, 0.25) is 0 Å². The van der Waals surface area contributed by atoms with E-state index in [4.69, 9.17) is 10.5 Å². The van der Waals surface area contributed by atoms with Gasteiger partial charge in [-0.25, -0.2) is 13.6 Å². The van der Waals surface area contributed by atoms with Crippen LogP contribution in [0.3, 0.4) is 0 Å². The Kier molecular flexibility index (Phi) is 5.44. The van der Waals surface area contributed by atoms with Gasteiger partial charge in [0.1, 0.15) is 17.2 Å². The number of benzene rings is 1. The molecule has 0 aromatic heterocycles. The van der Waals surface area contributed by atoms with E-state index in [1.54, 1.807) is 20.8 Å². The Morgan fingerprint density at radius 1 is 1.40 bits per heavy atom. The van der Waals surface area contributed by atoms with Gasteiger partial charge >= 0.3 is 6.09 Å². The van der Waals surface area contributed by atoms with E-state index in [9.17, 15) is 13.6 Å². The summed E-state index contributed by atoms with van der Waals surface area (Å²) in [6.07, 6.45) is -0.538. The lowest BCUT2D eigenvalue weighted by Gasteiger charge is -2.23. The molecule has 0 bridgehead atoms. The van der Waals surface area contributed by atoms with Gasteiger partial charge in [-0.05, 0) is 51.0 Å². The molecule has 1 amide bonds. The molecule has 0 heterocycles. The predicted octanol–water partition coefficient (Wildman–Crippen LogP) is 2.36. The SMILES string of the molecule is CC(C)(C)OC(=O)NC(CN)Cc1cc(F)ccc1F. The number of halogens is 2. The molecule has 1 aromatic carbocycles. The van der Waals surface area contributed by atoms with E-state index < -0.39 is 29.4 Å². The van der Waals surface area contributed by atoms with E-state index >= 15 is 0 Å². The summed E-state index contributed by atoms with van der Waals surface area (Å²) >= 11 is 0. The van der Waals surface area contributed by atoms with Crippen molar-refractivity contribution in [3.05, 3.63) is 35.4 Å². The quantitative estimate of drug-likeness (QED) is 0.893. The molecule has 0 aliphatic carbocycles. The van der Waals surface area contributed by atoms with Crippen LogP contribution in [0, 0.1) is 11.6 Å². The van der Waals surface area contributed by atoms with Crippen molar-refractivity contribution in [1.82, 2.24) is 5.32 Å². The van der Waals surface area contributed by atoms with Crippen LogP contribution in [0.5, 0.6) is 0 Å². The molecule has 1 atom stereocenters. The number of rotatable bonds is 4. The summed E-state index contributed by atoms with van der Waals surface area (Å²) in [5.41, 5.74) is 5.07. The van der Waals surface area contributed by atoms with Crippen molar-refractivity contribution in [2.24, 2.45) is 5.73 Å². The Labute approximate surface area is 117 Å². The highest BCUT2D eigenvalue weighted by Gasteiger charge is 2.20. The minimum atomic E-state index is -0.634. The molecule has 0 radical (unpaired) electrons. The fourth-order valence-corrected chi connectivity index (χ4v) is 1.63. The van der Waals surface area contributed by atoms with E-state index in [1.807, 2.05) is 0 Å². The highest BCUT2D eigenvalue weighted by atomic mass is 19.1. The first-order chi connectivity index (χ1) is 9.21. The van der Waals surface area contributed by atoms with Gasteiger partial charge in [-0.2, -0.15) is 0 Å². The summed E-state index contributed by atoms with van der Waals surface area (Å²) in [4.78, 5) is 11.6. The second-order valence-electron chi connectivity index (χ2n) is 5.52. The van der Waals surface area contributed by atoms with Crippen molar-refractivity contribution in [3.63, 3.8) is 0 Å². The third-order valence-electron chi connectivity index (χ3n) is 2.48. The molecular formula is C14H20F2N2O2. The molecule has 1 rings (SSSR count). The van der Waals surface area contributed by atoms with Crippen molar-refractivity contribution >= 4 is 6.09 Å². The zero-order valence-electron chi connectivity index (χ0n) is 11.9. The molecular weight excluding hydrogens is 266 g/mol. The number of hydrogen-bond acceptors (Lipinski definition) is 3. The Bertz CT molecular complexity index is 473. The largest absolute Gasteiger partial charge is 0.444 e. The molecule has 0 saturated heterocycles. The number of nitrogens with one attached hydrogen (secondary N) is 1. The first kappa shape index (κ1) is 16.4. The number of nitrogens with two attached hydrogens (primary N) is 1. The van der Waals surface area contributed by atoms with E-state index in [-0.39, 0.29) is 18.5 Å². The zero-order chi connectivity index (χ0) is 15.3. The standard InChI is InChI=1S/C14H20F2N2O2/c1-14(2,3)20-13(19)18-11(8-17)7-9-6-10(15)4-5-12(9)16/h4-6,11H,7-8,17H2,1-3H3,(H,18,19). The highest BCUT2D eigenvalue weighted by molar-refractivity contribution is 5.68. The van der Waals surface area contributed by atoms with Crippen LogP contribution in [0.25, 0.3) is 0 Å². The molecule has 0 saturated carbocycles. The van der Waals surface area contributed by atoms with Crippen LogP contribution in [-0.2, 0) is 11.2 Å². The van der Waals surface area contributed by atoms with E-state index in [0.29, 0.717) is 0 Å². The number of carbonyl (C=O) groups is 1. The maximum atomic E-state index is 13.5. The lowest BCUT2D eigenvalue weighted by Crippen LogP contribution is -2.44. The topological polar surface area (TPSA) is 64.3 Å². The summed E-state index contributed by atoms with van der Waals surface area (Å²) in [6.45, 7) is 5.29. The van der Waals surface area contributed by atoms with Gasteiger partial charge in [-0.15, -0.1) is 0 Å². The number of alkyl carbamates (subject to hydrolysis) is 1. The average Bonchev–Trinajstić information content (AvgIpc) is 2.30. The molecule has 20 heavy (non-hydrogen) atoms. The number of hydrogen-bond donors (Lipinski definition) is 2. The second-order valence-corrected chi connectivity index (χ2v) is 5.52. The van der Waals surface area contributed by atoms with Crippen molar-refractivity contribution in [2.45, 2.75) is 38.8 Å². The Hall–Kier alpha value is -1.69. The average molecular weight is 286 g/mol. The molecule has 4 nitrogen and oxygen atoms in total. The van der Waals surface area contributed by atoms with Gasteiger partial charge in [0, 0.05) is 12.6 Å². The molecule has 1 aromatic rings. The minimum absolute atomic E-state index is 0.0925. The first-order valence-corrected chi connectivity index (χ1v) is 6.35. The third-order valence-corrected chi connectivity index (χ3v) is 2.48. The molecule has 3 N–H and O–H groups in total. The summed E-state index contributed by atoms with van der Waals surface area (Å²) in [7, 11) is 0. The monoisotopic (exact) mass is 286 g/mol. The van der Waals surface area contributed by atoms with Crippen LogP contribution in [0.4, 0.5) is 13.6 Å². The third kappa shape index (κ3) is 5.52. The Morgan fingerprint density at radius 2 is 2.05 bits per heavy atom.